The summed E-state index contributed by atoms with van der Waals surface area (Å²) in [6.07, 6.45) is 2.06. The first-order chi connectivity index (χ1) is 11.7. The SMILES string of the molecule is COc1cc2c3c(c1)-c1cc(OC)c(OC)cc1C[C@@H]3N(C)CC2. The summed E-state index contributed by atoms with van der Waals surface area (Å²) in [5.41, 5.74) is 6.66. The van der Waals surface area contributed by atoms with Crippen LogP contribution in [0.4, 0.5) is 0 Å². The highest BCUT2D eigenvalue weighted by molar-refractivity contribution is 5.79. The van der Waals surface area contributed by atoms with Gasteiger partial charge in [0.25, 0.3) is 0 Å². The molecule has 2 aliphatic rings. The molecule has 2 aromatic rings. The molecular formula is C20H23NO3. The smallest absolute Gasteiger partial charge is 0.161 e. The molecule has 1 aliphatic carbocycles. The molecule has 1 heterocycles. The Kier molecular flexibility index (Phi) is 3.65. The zero-order chi connectivity index (χ0) is 16.8. The number of nitrogens with zero attached hydrogens (tertiary/aromatic N) is 1. The van der Waals surface area contributed by atoms with Gasteiger partial charge in [-0.1, -0.05) is 0 Å². The van der Waals surface area contributed by atoms with Crippen LogP contribution in [0.25, 0.3) is 11.1 Å². The number of likely N-dealkylation sites (N-methyl/N-ethyl adjacent to an activating group) is 1. The van der Waals surface area contributed by atoms with Gasteiger partial charge >= 0.3 is 0 Å². The summed E-state index contributed by atoms with van der Waals surface area (Å²) in [4.78, 5) is 2.46. The second-order valence-corrected chi connectivity index (χ2v) is 6.56. The maximum atomic E-state index is 5.56. The first-order valence-corrected chi connectivity index (χ1v) is 8.32. The summed E-state index contributed by atoms with van der Waals surface area (Å²) in [6.45, 7) is 1.08. The highest BCUT2D eigenvalue weighted by Crippen LogP contribution is 2.48. The first kappa shape index (κ1) is 15.3. The number of benzene rings is 2. The molecule has 4 rings (SSSR count). The maximum Gasteiger partial charge on any atom is 0.161 e. The lowest BCUT2D eigenvalue weighted by Crippen LogP contribution is -2.35. The third-order valence-electron chi connectivity index (χ3n) is 5.39. The zero-order valence-corrected chi connectivity index (χ0v) is 14.7. The lowest BCUT2D eigenvalue weighted by atomic mass is 9.77. The molecule has 0 amide bonds. The van der Waals surface area contributed by atoms with Gasteiger partial charge < -0.3 is 14.2 Å². The van der Waals surface area contributed by atoms with E-state index < -0.39 is 0 Å². The van der Waals surface area contributed by atoms with Gasteiger partial charge in [-0.2, -0.15) is 0 Å². The van der Waals surface area contributed by atoms with E-state index in [0.29, 0.717) is 6.04 Å². The molecule has 0 fully saturated rings. The van der Waals surface area contributed by atoms with Crippen LogP contribution in [-0.4, -0.2) is 39.8 Å². The molecule has 0 unspecified atom stereocenters. The summed E-state index contributed by atoms with van der Waals surface area (Å²) < 4.78 is 16.6. The summed E-state index contributed by atoms with van der Waals surface area (Å²) in [6, 6.07) is 9.01. The van der Waals surface area contributed by atoms with Crippen LogP contribution < -0.4 is 14.2 Å². The second-order valence-electron chi connectivity index (χ2n) is 6.56. The van der Waals surface area contributed by atoms with E-state index in [4.69, 9.17) is 14.2 Å². The fourth-order valence-electron chi connectivity index (χ4n) is 4.11. The highest BCUT2D eigenvalue weighted by atomic mass is 16.5. The van der Waals surface area contributed by atoms with Crippen LogP contribution in [0.15, 0.2) is 24.3 Å². The standard InChI is InChI=1S/C20H23NO3/c1-21-6-5-12-7-14(22-2)10-16-15-11-19(24-4)18(23-3)9-13(15)8-17(21)20(12)16/h7,9-11,17H,5-6,8H2,1-4H3/t17-/m0/s1. The third kappa shape index (κ3) is 2.17. The van der Waals surface area contributed by atoms with Gasteiger partial charge in [0, 0.05) is 12.6 Å². The van der Waals surface area contributed by atoms with E-state index in [9.17, 15) is 0 Å². The molecule has 0 saturated heterocycles. The van der Waals surface area contributed by atoms with Crippen LogP contribution in [-0.2, 0) is 12.8 Å². The largest absolute Gasteiger partial charge is 0.497 e. The van der Waals surface area contributed by atoms with Crippen molar-refractivity contribution in [1.29, 1.82) is 0 Å². The maximum absolute atomic E-state index is 5.56. The van der Waals surface area contributed by atoms with Crippen LogP contribution in [0.5, 0.6) is 17.2 Å². The molecule has 0 saturated carbocycles. The van der Waals surface area contributed by atoms with Crippen molar-refractivity contribution in [3.8, 4) is 28.4 Å². The number of hydrogen-bond acceptors (Lipinski definition) is 4. The topological polar surface area (TPSA) is 30.9 Å². The molecule has 0 spiro atoms. The van der Waals surface area contributed by atoms with Gasteiger partial charge in [0.2, 0.25) is 0 Å². The quantitative estimate of drug-likeness (QED) is 0.865. The van der Waals surface area contributed by atoms with Crippen LogP contribution >= 0.6 is 0 Å². The van der Waals surface area contributed by atoms with Crippen molar-refractivity contribution in [1.82, 2.24) is 4.90 Å². The summed E-state index contributed by atoms with van der Waals surface area (Å²) in [7, 11) is 7.33. The van der Waals surface area contributed by atoms with Gasteiger partial charge in [-0.3, -0.25) is 4.90 Å². The fraction of sp³-hybridized carbons (Fsp3) is 0.400. The Balaban J connectivity index is 1.99. The van der Waals surface area contributed by atoms with E-state index >= 15 is 0 Å². The number of rotatable bonds is 3. The van der Waals surface area contributed by atoms with Gasteiger partial charge in [-0.25, -0.2) is 0 Å². The molecule has 24 heavy (non-hydrogen) atoms. The Morgan fingerprint density at radius 1 is 0.875 bits per heavy atom. The van der Waals surface area contributed by atoms with Crippen molar-refractivity contribution in [3.63, 3.8) is 0 Å². The van der Waals surface area contributed by atoms with E-state index in [1.54, 1.807) is 21.3 Å². The molecule has 0 radical (unpaired) electrons. The molecule has 2 aromatic carbocycles. The molecular weight excluding hydrogens is 302 g/mol. The van der Waals surface area contributed by atoms with Gasteiger partial charge in [-0.15, -0.1) is 0 Å². The summed E-state index contributed by atoms with van der Waals surface area (Å²) in [5, 5.41) is 0. The molecule has 0 aromatic heterocycles. The van der Waals surface area contributed by atoms with Crippen molar-refractivity contribution in [2.45, 2.75) is 18.9 Å². The van der Waals surface area contributed by atoms with Crippen LogP contribution in [0, 0.1) is 0 Å². The van der Waals surface area contributed by atoms with E-state index in [1.165, 1.54) is 27.8 Å². The number of hydrogen-bond donors (Lipinski definition) is 0. The Hall–Kier alpha value is -2.20. The lowest BCUT2D eigenvalue weighted by Gasteiger charge is -2.40. The predicted molar refractivity (Wildman–Crippen MR) is 94.3 cm³/mol. The predicted octanol–water partition coefficient (Wildman–Crippen LogP) is 3.46. The molecule has 1 aliphatic heterocycles. The van der Waals surface area contributed by atoms with Crippen molar-refractivity contribution in [2.24, 2.45) is 0 Å². The number of methoxy groups -OCH3 is 3. The summed E-state index contributed by atoms with van der Waals surface area (Å²) >= 11 is 0. The Labute approximate surface area is 142 Å². The van der Waals surface area contributed by atoms with E-state index in [-0.39, 0.29) is 0 Å². The minimum atomic E-state index is 0.417. The van der Waals surface area contributed by atoms with Crippen molar-refractivity contribution >= 4 is 0 Å². The van der Waals surface area contributed by atoms with Crippen molar-refractivity contribution in [2.75, 3.05) is 34.9 Å². The summed E-state index contributed by atoms with van der Waals surface area (Å²) in [5.74, 6) is 2.49. The third-order valence-corrected chi connectivity index (χ3v) is 5.39. The highest BCUT2D eigenvalue weighted by Gasteiger charge is 2.34. The van der Waals surface area contributed by atoms with E-state index in [0.717, 1.165) is 36.6 Å². The monoisotopic (exact) mass is 325 g/mol. The number of fused-ring (bicyclic) bond motifs is 2. The van der Waals surface area contributed by atoms with Crippen molar-refractivity contribution < 1.29 is 14.2 Å². The molecule has 1 atom stereocenters. The first-order valence-electron chi connectivity index (χ1n) is 8.32. The zero-order valence-electron chi connectivity index (χ0n) is 14.7. The van der Waals surface area contributed by atoms with Crippen LogP contribution in [0.2, 0.25) is 0 Å². The molecule has 0 bridgehead atoms. The van der Waals surface area contributed by atoms with Crippen LogP contribution in [0.3, 0.4) is 0 Å². The normalized spacial score (nSPS) is 18.6. The van der Waals surface area contributed by atoms with Crippen LogP contribution in [0.1, 0.15) is 22.7 Å². The molecule has 0 N–H and O–H groups in total. The van der Waals surface area contributed by atoms with Gasteiger partial charge in [0.1, 0.15) is 5.75 Å². The lowest BCUT2D eigenvalue weighted by molar-refractivity contribution is 0.227. The Bertz CT molecular complexity index is 800. The average Bonchev–Trinajstić information content (AvgIpc) is 2.62. The second kappa shape index (κ2) is 5.71. The minimum Gasteiger partial charge on any atom is -0.497 e. The van der Waals surface area contributed by atoms with Crippen molar-refractivity contribution in [3.05, 3.63) is 41.0 Å². The molecule has 4 nitrogen and oxygen atoms in total. The van der Waals surface area contributed by atoms with Gasteiger partial charge in [0.15, 0.2) is 11.5 Å². The van der Waals surface area contributed by atoms with E-state index in [2.05, 4.69) is 36.2 Å². The average molecular weight is 325 g/mol. The Morgan fingerprint density at radius 3 is 2.33 bits per heavy atom. The number of ether oxygens (including phenoxy) is 3. The van der Waals surface area contributed by atoms with Gasteiger partial charge in [0.05, 0.1) is 21.3 Å². The fourth-order valence-corrected chi connectivity index (χ4v) is 4.11. The molecule has 126 valence electrons. The van der Waals surface area contributed by atoms with E-state index in [1.807, 2.05) is 0 Å². The minimum absolute atomic E-state index is 0.417. The Morgan fingerprint density at radius 2 is 1.62 bits per heavy atom. The molecule has 4 heteroatoms. The van der Waals surface area contributed by atoms with Gasteiger partial charge in [-0.05, 0) is 72.0 Å².